The molecule has 0 spiro atoms. The number of aryl methyl sites for hydroxylation is 1. The molecule has 1 amide bonds. The van der Waals surface area contributed by atoms with Crippen molar-refractivity contribution in [1.29, 1.82) is 0 Å². The number of aromatic amines is 1. The molecule has 0 radical (unpaired) electrons. The van der Waals surface area contributed by atoms with E-state index in [1.165, 1.54) is 87.3 Å². The van der Waals surface area contributed by atoms with Crippen LogP contribution in [0, 0.1) is 0 Å². The van der Waals surface area contributed by atoms with Gasteiger partial charge in [0.1, 0.15) is 10.6 Å². The summed E-state index contributed by atoms with van der Waals surface area (Å²) in [5.74, 6) is 0.580. The summed E-state index contributed by atoms with van der Waals surface area (Å²) in [5.41, 5.74) is 2.47. The molecule has 53 heavy (non-hydrogen) atoms. The molecule has 0 atom stereocenters. The van der Waals surface area contributed by atoms with Gasteiger partial charge in [-0.25, -0.2) is 4.68 Å². The van der Waals surface area contributed by atoms with Gasteiger partial charge in [-0.1, -0.05) is 126 Å². The largest absolute Gasteiger partial charge is 0.484 e. The number of unbranched alkanes of at least 4 members (excludes halogenated alkanes) is 12. The molecule has 0 aliphatic heterocycles. The van der Waals surface area contributed by atoms with Crippen LogP contribution < -0.4 is 20.3 Å². The summed E-state index contributed by atoms with van der Waals surface area (Å²) in [6, 6.07) is 24.5. The van der Waals surface area contributed by atoms with Crippen molar-refractivity contribution < 1.29 is 14.3 Å². The number of benzene rings is 3. The number of tetrazole rings is 1. The molecule has 5 rings (SSSR count). The van der Waals surface area contributed by atoms with E-state index in [4.69, 9.17) is 9.47 Å². The second-order valence-electron chi connectivity index (χ2n) is 13.1. The van der Waals surface area contributed by atoms with Crippen molar-refractivity contribution in [3.8, 4) is 23.0 Å². The molecule has 12 heteroatoms. The fourth-order valence-electron chi connectivity index (χ4n) is 6.22. The van der Waals surface area contributed by atoms with Crippen LogP contribution in [-0.4, -0.2) is 49.1 Å². The first kappa shape index (κ1) is 39.4. The topological polar surface area (TPSA) is 129 Å². The van der Waals surface area contributed by atoms with Crippen molar-refractivity contribution in [2.24, 2.45) is 0 Å². The molecule has 5 aromatic rings. The third kappa shape index (κ3) is 12.1. The summed E-state index contributed by atoms with van der Waals surface area (Å²) in [6.07, 6.45) is 18.4. The highest BCUT2D eigenvalue weighted by Gasteiger charge is 2.23. The van der Waals surface area contributed by atoms with Gasteiger partial charge in [-0.2, -0.15) is 4.68 Å². The number of anilines is 1. The lowest BCUT2D eigenvalue weighted by molar-refractivity contribution is -0.118. The number of para-hydroxylation sites is 3. The Labute approximate surface area is 316 Å². The predicted molar refractivity (Wildman–Crippen MR) is 211 cm³/mol. The minimum atomic E-state index is -0.376. The maximum absolute atomic E-state index is 13.8. The van der Waals surface area contributed by atoms with Gasteiger partial charge in [0.05, 0.1) is 23.7 Å². The van der Waals surface area contributed by atoms with Crippen LogP contribution in [0.2, 0.25) is 0 Å². The lowest BCUT2D eigenvalue weighted by Gasteiger charge is -2.12. The van der Waals surface area contributed by atoms with Gasteiger partial charge in [0, 0.05) is 0 Å². The van der Waals surface area contributed by atoms with Crippen LogP contribution in [0.15, 0.2) is 93.7 Å². The van der Waals surface area contributed by atoms with E-state index in [1.54, 1.807) is 28.9 Å². The van der Waals surface area contributed by atoms with Gasteiger partial charge in [-0.3, -0.25) is 14.7 Å². The Morgan fingerprint density at radius 2 is 1.47 bits per heavy atom. The summed E-state index contributed by atoms with van der Waals surface area (Å²) in [4.78, 5) is 27.2. The normalized spacial score (nSPS) is 11.1. The van der Waals surface area contributed by atoms with E-state index in [0.29, 0.717) is 28.9 Å². The summed E-state index contributed by atoms with van der Waals surface area (Å²) < 4.78 is 14.6. The van der Waals surface area contributed by atoms with Gasteiger partial charge < -0.3 is 14.8 Å². The molecule has 11 nitrogen and oxygen atoms in total. The van der Waals surface area contributed by atoms with E-state index in [0.717, 1.165) is 30.3 Å². The number of ether oxygens (including phenoxy) is 2. The van der Waals surface area contributed by atoms with Gasteiger partial charge in [0.15, 0.2) is 6.61 Å². The summed E-state index contributed by atoms with van der Waals surface area (Å²) in [6.45, 7) is 4.26. The smallest absolute Gasteiger partial charge is 0.289 e. The Hall–Kier alpha value is -4.84. The van der Waals surface area contributed by atoms with Crippen molar-refractivity contribution in [3.05, 3.63) is 94.8 Å². The Morgan fingerprint density at radius 1 is 0.792 bits per heavy atom. The molecule has 282 valence electrons. The first-order valence-electron chi connectivity index (χ1n) is 19.2. The van der Waals surface area contributed by atoms with Crippen LogP contribution in [0.25, 0.3) is 11.4 Å². The number of nitrogens with one attached hydrogen (secondary N) is 2. The number of amides is 1. The lowest BCUT2D eigenvalue weighted by atomic mass is 10.0. The molecule has 0 fully saturated rings. The van der Waals surface area contributed by atoms with Gasteiger partial charge in [0.2, 0.25) is 11.0 Å². The number of carbonyl (C=O) groups is 1. The minimum Gasteiger partial charge on any atom is -0.484 e. The molecule has 0 saturated carbocycles. The zero-order valence-electron chi connectivity index (χ0n) is 31.1. The maximum atomic E-state index is 13.8. The highest BCUT2D eigenvalue weighted by Crippen LogP contribution is 2.32. The molecule has 0 aliphatic carbocycles. The molecular weight excluding hydrogens is 687 g/mol. The molecule has 0 saturated heterocycles. The maximum Gasteiger partial charge on any atom is 0.289 e. The first-order valence-corrected chi connectivity index (χ1v) is 20.0. The lowest BCUT2D eigenvalue weighted by Crippen LogP contribution is -2.23. The van der Waals surface area contributed by atoms with Crippen LogP contribution in [0.4, 0.5) is 5.69 Å². The fourth-order valence-corrected chi connectivity index (χ4v) is 7.08. The van der Waals surface area contributed by atoms with E-state index < -0.39 is 0 Å². The van der Waals surface area contributed by atoms with E-state index in [9.17, 15) is 9.59 Å². The SMILES string of the molecule is CCCCCCCCCCCCCCCc1cccc(OCC(=O)Nc2ccccc2-n2[nH]c(OCC)c(Sc3nnnn3-c3ccccc3)c2=O)c1. The average Bonchev–Trinajstić information content (AvgIpc) is 3.77. The van der Waals surface area contributed by atoms with Crippen molar-refractivity contribution in [2.45, 2.75) is 114 Å². The minimum absolute atomic E-state index is 0.177. The van der Waals surface area contributed by atoms with Gasteiger partial charge in [-0.15, -0.1) is 5.10 Å². The Balaban J connectivity index is 1.11. The Morgan fingerprint density at radius 3 is 2.19 bits per heavy atom. The van der Waals surface area contributed by atoms with E-state index >= 15 is 0 Å². The van der Waals surface area contributed by atoms with Crippen molar-refractivity contribution in [2.75, 3.05) is 18.5 Å². The number of aromatic nitrogens is 6. The third-order valence-electron chi connectivity index (χ3n) is 9.00. The average molecular weight is 740 g/mol. The summed E-state index contributed by atoms with van der Waals surface area (Å²) >= 11 is 1.09. The van der Waals surface area contributed by atoms with E-state index in [2.05, 4.69) is 38.9 Å². The quantitative estimate of drug-likeness (QED) is 0.0600. The van der Waals surface area contributed by atoms with Crippen molar-refractivity contribution >= 4 is 23.4 Å². The molecular formula is C41H53N7O4S. The van der Waals surface area contributed by atoms with Crippen LogP contribution in [-0.2, 0) is 11.2 Å². The zero-order valence-corrected chi connectivity index (χ0v) is 31.9. The number of hydrogen-bond acceptors (Lipinski definition) is 8. The van der Waals surface area contributed by atoms with Crippen molar-refractivity contribution in [1.82, 2.24) is 30.0 Å². The molecule has 2 N–H and O–H groups in total. The van der Waals surface area contributed by atoms with Crippen LogP contribution in [0.3, 0.4) is 0 Å². The number of H-pyrrole nitrogens is 1. The predicted octanol–water partition coefficient (Wildman–Crippen LogP) is 9.34. The van der Waals surface area contributed by atoms with Crippen LogP contribution >= 0.6 is 11.8 Å². The Kier molecular flexibility index (Phi) is 16.1. The third-order valence-corrected chi connectivity index (χ3v) is 10.00. The fraction of sp³-hybridized carbons (Fsp3) is 0.439. The van der Waals surface area contributed by atoms with Gasteiger partial charge in [0.25, 0.3) is 11.5 Å². The standard InChI is InChI=1S/C41H53N7O4S/c1-3-5-6-7-8-9-10-11-12-13-14-15-17-23-32-24-22-27-34(30-32)52-31-37(49)42-35-28-20-21-29-36(35)48-40(50)38(39(44-48)51-4-2)53-41-43-45-46-47(41)33-25-18-16-19-26-33/h16,18-22,24-30,44H,3-15,17,23,31H2,1-2H3,(H,42,49). The van der Waals surface area contributed by atoms with Gasteiger partial charge >= 0.3 is 0 Å². The molecule has 2 aromatic heterocycles. The van der Waals surface area contributed by atoms with Crippen LogP contribution in [0.5, 0.6) is 11.6 Å². The zero-order chi connectivity index (χ0) is 37.1. The number of hydrogen-bond donors (Lipinski definition) is 2. The second-order valence-corrected chi connectivity index (χ2v) is 14.1. The highest BCUT2D eigenvalue weighted by atomic mass is 32.2. The van der Waals surface area contributed by atoms with Gasteiger partial charge in [-0.05, 0) is 83.9 Å². The van der Waals surface area contributed by atoms with E-state index in [1.807, 2.05) is 55.5 Å². The van der Waals surface area contributed by atoms with E-state index in [-0.39, 0.29) is 28.8 Å². The number of nitrogens with zero attached hydrogens (tertiary/aromatic N) is 5. The Bertz CT molecular complexity index is 1890. The second kappa shape index (κ2) is 21.6. The molecule has 0 aliphatic rings. The summed E-state index contributed by atoms with van der Waals surface area (Å²) in [7, 11) is 0. The number of rotatable bonds is 24. The van der Waals surface area contributed by atoms with Crippen LogP contribution in [0.1, 0.15) is 103 Å². The monoisotopic (exact) mass is 739 g/mol. The highest BCUT2D eigenvalue weighted by molar-refractivity contribution is 7.99. The molecule has 0 bridgehead atoms. The molecule has 0 unspecified atom stereocenters. The summed E-state index contributed by atoms with van der Waals surface area (Å²) in [5, 5.41) is 18.4. The molecule has 2 heterocycles. The molecule has 3 aromatic carbocycles. The number of carbonyl (C=O) groups excluding carboxylic acids is 1. The van der Waals surface area contributed by atoms with Crippen molar-refractivity contribution in [3.63, 3.8) is 0 Å². The first-order chi connectivity index (χ1) is 26.1.